The van der Waals surface area contributed by atoms with Gasteiger partial charge in [0.2, 0.25) is 0 Å². The van der Waals surface area contributed by atoms with Crippen LogP contribution in [-0.2, 0) is 6.54 Å². The number of likely N-dealkylation sites (tertiary alicyclic amines) is 1. The molecule has 1 aliphatic rings. The van der Waals surface area contributed by atoms with Crippen LogP contribution in [0.3, 0.4) is 0 Å². The molecule has 4 heteroatoms. The first-order valence-corrected chi connectivity index (χ1v) is 6.96. The summed E-state index contributed by atoms with van der Waals surface area (Å²) in [5, 5.41) is 7.37. The monoisotopic (exact) mass is 263 g/mol. The lowest BCUT2D eigenvalue weighted by Crippen LogP contribution is -2.22. The fourth-order valence-corrected chi connectivity index (χ4v) is 2.85. The molecule has 104 valence electrons. The number of nitrogens with one attached hydrogen (secondary N) is 1. The van der Waals surface area contributed by atoms with E-state index in [-0.39, 0.29) is 17.2 Å². The van der Waals surface area contributed by atoms with E-state index in [2.05, 4.69) is 11.8 Å². The molecular weight excluding hydrogens is 241 g/mol. The summed E-state index contributed by atoms with van der Waals surface area (Å²) in [6, 6.07) is 5.12. The Morgan fingerprint density at radius 3 is 3.00 bits per heavy atom. The highest BCUT2D eigenvalue weighted by Crippen LogP contribution is 2.23. The van der Waals surface area contributed by atoms with E-state index in [9.17, 15) is 4.39 Å². The minimum atomic E-state index is -0.339. The number of amidine groups is 1. The minimum absolute atomic E-state index is 0.204. The van der Waals surface area contributed by atoms with Crippen LogP contribution in [0.25, 0.3) is 0 Å². The summed E-state index contributed by atoms with van der Waals surface area (Å²) in [5.74, 6) is 0.211. The van der Waals surface area contributed by atoms with Crippen molar-refractivity contribution in [1.82, 2.24) is 4.90 Å². The van der Waals surface area contributed by atoms with Crippen LogP contribution in [-0.4, -0.2) is 23.8 Å². The number of halogens is 1. The number of nitrogens with two attached hydrogens (primary N) is 1. The molecule has 2 rings (SSSR count). The van der Waals surface area contributed by atoms with Crippen LogP contribution < -0.4 is 5.73 Å². The predicted octanol–water partition coefficient (Wildman–Crippen LogP) is 2.73. The zero-order chi connectivity index (χ0) is 13.8. The highest BCUT2D eigenvalue weighted by atomic mass is 19.1. The normalized spacial score (nSPS) is 19.8. The molecule has 0 spiro atoms. The van der Waals surface area contributed by atoms with E-state index >= 15 is 0 Å². The molecule has 0 aromatic heterocycles. The third-order valence-electron chi connectivity index (χ3n) is 3.83. The number of benzene rings is 1. The van der Waals surface area contributed by atoms with Crippen molar-refractivity contribution in [3.8, 4) is 0 Å². The van der Waals surface area contributed by atoms with Crippen molar-refractivity contribution >= 4 is 5.84 Å². The Bertz CT molecular complexity index is 459. The van der Waals surface area contributed by atoms with Crippen molar-refractivity contribution in [3.05, 3.63) is 35.1 Å². The van der Waals surface area contributed by atoms with E-state index in [1.807, 2.05) is 0 Å². The van der Waals surface area contributed by atoms with Gasteiger partial charge in [0.05, 0.1) is 5.56 Å². The Balaban J connectivity index is 2.04. The third-order valence-corrected chi connectivity index (χ3v) is 3.83. The molecule has 1 unspecified atom stereocenters. The summed E-state index contributed by atoms with van der Waals surface area (Å²) in [5.41, 5.74) is 6.24. The molecule has 1 saturated heterocycles. The highest BCUT2D eigenvalue weighted by molar-refractivity contribution is 5.95. The van der Waals surface area contributed by atoms with E-state index in [1.165, 1.54) is 19.3 Å². The van der Waals surface area contributed by atoms with E-state index in [4.69, 9.17) is 11.1 Å². The number of rotatable bonds is 5. The first kappa shape index (κ1) is 14.0. The molecule has 1 atom stereocenters. The largest absolute Gasteiger partial charge is 0.384 e. The standard InChI is InChI=1S/C15H22FN3/c1-2-4-11-7-8-19(9-11)10-12-5-3-6-13(14(12)16)15(17)18/h3,5-6,11H,2,4,7-10H2,1H3,(H3,17,18). The van der Waals surface area contributed by atoms with Crippen LogP contribution in [0, 0.1) is 17.1 Å². The van der Waals surface area contributed by atoms with Crippen LogP contribution in [0.1, 0.15) is 37.3 Å². The second-order valence-corrected chi connectivity index (χ2v) is 5.37. The summed E-state index contributed by atoms with van der Waals surface area (Å²) in [6.45, 7) is 4.91. The topological polar surface area (TPSA) is 53.1 Å². The number of nitrogen functional groups attached to an aromatic ring is 1. The number of nitrogens with zero attached hydrogens (tertiary/aromatic N) is 1. The van der Waals surface area contributed by atoms with Gasteiger partial charge in [-0.3, -0.25) is 10.3 Å². The molecule has 0 radical (unpaired) electrons. The summed E-state index contributed by atoms with van der Waals surface area (Å²) in [7, 11) is 0. The van der Waals surface area contributed by atoms with Gasteiger partial charge in [-0.05, 0) is 31.4 Å². The molecule has 1 fully saturated rings. The SMILES string of the molecule is CCCC1CCN(Cc2cccc(C(=N)N)c2F)C1. The zero-order valence-electron chi connectivity index (χ0n) is 11.5. The average molecular weight is 263 g/mol. The van der Waals surface area contributed by atoms with Gasteiger partial charge >= 0.3 is 0 Å². The molecule has 1 aromatic carbocycles. The first-order valence-electron chi connectivity index (χ1n) is 6.96. The summed E-state index contributed by atoms with van der Waals surface area (Å²) in [4.78, 5) is 2.29. The molecule has 0 bridgehead atoms. The maximum Gasteiger partial charge on any atom is 0.138 e. The van der Waals surface area contributed by atoms with Crippen LogP contribution in [0.2, 0.25) is 0 Å². The molecule has 0 aliphatic carbocycles. The Kier molecular flexibility index (Phi) is 4.53. The van der Waals surface area contributed by atoms with Gasteiger partial charge in [0, 0.05) is 18.7 Å². The zero-order valence-corrected chi connectivity index (χ0v) is 11.5. The van der Waals surface area contributed by atoms with Gasteiger partial charge in [-0.1, -0.05) is 25.5 Å². The number of hydrogen-bond acceptors (Lipinski definition) is 2. The highest BCUT2D eigenvalue weighted by Gasteiger charge is 2.22. The van der Waals surface area contributed by atoms with Gasteiger partial charge in [-0.25, -0.2) is 4.39 Å². The van der Waals surface area contributed by atoms with Gasteiger partial charge in [0.25, 0.3) is 0 Å². The lowest BCUT2D eigenvalue weighted by Gasteiger charge is -2.17. The minimum Gasteiger partial charge on any atom is -0.384 e. The summed E-state index contributed by atoms with van der Waals surface area (Å²) < 4.78 is 14.2. The molecule has 1 aromatic rings. The van der Waals surface area contributed by atoms with E-state index in [0.717, 1.165) is 19.0 Å². The van der Waals surface area contributed by atoms with Crippen LogP contribution in [0.5, 0.6) is 0 Å². The first-order chi connectivity index (χ1) is 9.11. The van der Waals surface area contributed by atoms with Crippen molar-refractivity contribution in [1.29, 1.82) is 5.41 Å². The van der Waals surface area contributed by atoms with Crippen molar-refractivity contribution in [3.63, 3.8) is 0 Å². The quantitative estimate of drug-likeness (QED) is 0.634. The molecule has 0 amide bonds. The van der Waals surface area contributed by atoms with Crippen LogP contribution in [0.4, 0.5) is 4.39 Å². The Morgan fingerprint density at radius 2 is 2.32 bits per heavy atom. The number of hydrogen-bond donors (Lipinski definition) is 2. The van der Waals surface area contributed by atoms with Crippen LogP contribution in [0.15, 0.2) is 18.2 Å². The smallest absolute Gasteiger partial charge is 0.138 e. The van der Waals surface area contributed by atoms with Gasteiger partial charge in [-0.2, -0.15) is 0 Å². The fraction of sp³-hybridized carbons (Fsp3) is 0.533. The van der Waals surface area contributed by atoms with E-state index in [0.29, 0.717) is 12.1 Å². The van der Waals surface area contributed by atoms with Crippen molar-refractivity contribution in [2.45, 2.75) is 32.7 Å². The van der Waals surface area contributed by atoms with Gasteiger partial charge in [-0.15, -0.1) is 0 Å². The van der Waals surface area contributed by atoms with Crippen molar-refractivity contribution in [2.75, 3.05) is 13.1 Å². The maximum atomic E-state index is 14.2. The second-order valence-electron chi connectivity index (χ2n) is 5.37. The van der Waals surface area contributed by atoms with Gasteiger partial charge in [0.15, 0.2) is 0 Å². The van der Waals surface area contributed by atoms with Crippen molar-refractivity contribution in [2.24, 2.45) is 11.7 Å². The molecule has 0 saturated carbocycles. The maximum absolute atomic E-state index is 14.2. The third kappa shape index (κ3) is 3.32. The lowest BCUT2D eigenvalue weighted by molar-refractivity contribution is 0.308. The van der Waals surface area contributed by atoms with Gasteiger partial charge in [0.1, 0.15) is 11.7 Å². The molecular formula is C15H22FN3. The van der Waals surface area contributed by atoms with Gasteiger partial charge < -0.3 is 5.73 Å². The molecule has 3 nitrogen and oxygen atoms in total. The van der Waals surface area contributed by atoms with E-state index in [1.54, 1.807) is 18.2 Å². The van der Waals surface area contributed by atoms with E-state index < -0.39 is 0 Å². The second kappa shape index (κ2) is 6.15. The molecule has 1 aliphatic heterocycles. The Hall–Kier alpha value is -1.42. The Morgan fingerprint density at radius 1 is 1.53 bits per heavy atom. The van der Waals surface area contributed by atoms with Crippen molar-refractivity contribution < 1.29 is 4.39 Å². The summed E-state index contributed by atoms with van der Waals surface area (Å²) >= 11 is 0. The lowest BCUT2D eigenvalue weighted by atomic mass is 10.0. The molecule has 19 heavy (non-hydrogen) atoms. The summed E-state index contributed by atoms with van der Waals surface area (Å²) in [6.07, 6.45) is 3.68. The predicted molar refractivity (Wildman–Crippen MR) is 75.7 cm³/mol. The molecule has 1 heterocycles. The molecule has 3 N–H and O–H groups in total. The van der Waals surface area contributed by atoms with Crippen LogP contribution >= 0.6 is 0 Å². The Labute approximate surface area is 114 Å². The average Bonchev–Trinajstić information content (AvgIpc) is 2.79. The fourth-order valence-electron chi connectivity index (χ4n) is 2.85.